The van der Waals surface area contributed by atoms with Crippen LogP contribution in [0, 0.1) is 6.92 Å². The topological polar surface area (TPSA) is 87.1 Å². The van der Waals surface area contributed by atoms with E-state index in [2.05, 4.69) is 25.3 Å². The molecule has 2 N–H and O–H groups in total. The van der Waals surface area contributed by atoms with Gasteiger partial charge in [0, 0.05) is 42.9 Å². The molecule has 1 aliphatic heterocycles. The molecule has 0 spiro atoms. The average molecular weight is 444 g/mol. The van der Waals surface area contributed by atoms with Crippen LogP contribution in [0.3, 0.4) is 0 Å². The van der Waals surface area contributed by atoms with Crippen LogP contribution in [0.1, 0.15) is 31.0 Å². The Morgan fingerprint density at radius 1 is 1.09 bits per heavy atom. The Morgan fingerprint density at radius 2 is 1.84 bits per heavy atom. The SMILES string of the molecule is Cc1cc(Nc2nccc(C(F)(F)F)n2)cc(-c2cnc(N3CCCC(C)(O)C3)nc2)c1. The second kappa shape index (κ2) is 8.34. The van der Waals surface area contributed by atoms with Crippen molar-refractivity contribution < 1.29 is 18.3 Å². The Balaban J connectivity index is 1.55. The second-order valence-corrected chi connectivity index (χ2v) is 8.27. The fourth-order valence-corrected chi connectivity index (χ4v) is 3.75. The zero-order valence-corrected chi connectivity index (χ0v) is 17.7. The molecule has 0 radical (unpaired) electrons. The van der Waals surface area contributed by atoms with Crippen LogP contribution in [0.15, 0.2) is 42.9 Å². The second-order valence-electron chi connectivity index (χ2n) is 8.27. The summed E-state index contributed by atoms with van der Waals surface area (Å²) in [7, 11) is 0. The molecule has 1 saturated heterocycles. The number of aromatic nitrogens is 4. The Kier molecular flexibility index (Phi) is 5.72. The highest BCUT2D eigenvalue weighted by Gasteiger charge is 2.33. The number of aryl methyl sites for hydroxylation is 1. The zero-order valence-electron chi connectivity index (χ0n) is 17.7. The van der Waals surface area contributed by atoms with Gasteiger partial charge < -0.3 is 15.3 Å². The first-order chi connectivity index (χ1) is 15.1. The van der Waals surface area contributed by atoms with Gasteiger partial charge in [0.15, 0.2) is 0 Å². The van der Waals surface area contributed by atoms with Gasteiger partial charge in [-0.3, -0.25) is 0 Å². The number of aliphatic hydroxyl groups is 1. The van der Waals surface area contributed by atoms with Crippen LogP contribution in [-0.2, 0) is 6.18 Å². The third-order valence-corrected chi connectivity index (χ3v) is 5.21. The van der Waals surface area contributed by atoms with Gasteiger partial charge in [0.05, 0.1) is 5.60 Å². The van der Waals surface area contributed by atoms with Gasteiger partial charge in [-0.05, 0) is 56.0 Å². The van der Waals surface area contributed by atoms with E-state index >= 15 is 0 Å². The van der Waals surface area contributed by atoms with Crippen LogP contribution in [0.5, 0.6) is 0 Å². The van der Waals surface area contributed by atoms with Crippen molar-refractivity contribution in [1.82, 2.24) is 19.9 Å². The summed E-state index contributed by atoms with van der Waals surface area (Å²) < 4.78 is 38.7. The number of piperidine rings is 1. The fourth-order valence-electron chi connectivity index (χ4n) is 3.75. The summed E-state index contributed by atoms with van der Waals surface area (Å²) in [6.45, 7) is 4.95. The molecular weight excluding hydrogens is 421 g/mol. The highest BCUT2D eigenvalue weighted by molar-refractivity contribution is 5.70. The molecule has 0 aliphatic carbocycles. The maximum atomic E-state index is 12.9. The van der Waals surface area contributed by atoms with Gasteiger partial charge >= 0.3 is 6.18 Å². The molecule has 4 rings (SSSR count). The summed E-state index contributed by atoms with van der Waals surface area (Å²) in [6, 6.07) is 6.33. The molecule has 0 bridgehead atoms. The standard InChI is InChI=1S/C22H23F3N6O/c1-14-8-15(10-17(9-14)29-19-26-6-4-18(30-19)22(23,24)25)16-11-27-20(28-12-16)31-7-3-5-21(2,32)13-31/h4,6,8-12,32H,3,5,7,13H2,1-2H3,(H,26,29,30). The summed E-state index contributed by atoms with van der Waals surface area (Å²) in [5, 5.41) is 13.1. The number of alkyl halides is 3. The molecule has 1 fully saturated rings. The van der Waals surface area contributed by atoms with Crippen molar-refractivity contribution in [3.63, 3.8) is 0 Å². The van der Waals surface area contributed by atoms with Crippen molar-refractivity contribution in [3.8, 4) is 11.1 Å². The fraction of sp³-hybridized carbons (Fsp3) is 0.364. The first-order valence-electron chi connectivity index (χ1n) is 10.2. The first kappa shape index (κ1) is 21.9. The normalized spacial score (nSPS) is 19.1. The Bertz CT molecular complexity index is 1100. The lowest BCUT2D eigenvalue weighted by molar-refractivity contribution is -0.141. The number of hydrogen-bond acceptors (Lipinski definition) is 7. The Morgan fingerprint density at radius 3 is 2.53 bits per heavy atom. The van der Waals surface area contributed by atoms with E-state index < -0.39 is 17.5 Å². The predicted molar refractivity (Wildman–Crippen MR) is 115 cm³/mol. The van der Waals surface area contributed by atoms with Crippen LogP contribution in [-0.4, -0.2) is 43.7 Å². The zero-order chi connectivity index (χ0) is 22.9. The highest BCUT2D eigenvalue weighted by Crippen LogP contribution is 2.30. The van der Waals surface area contributed by atoms with Gasteiger partial charge in [-0.1, -0.05) is 6.07 Å². The Labute approximate surface area is 183 Å². The molecule has 3 heterocycles. The van der Waals surface area contributed by atoms with Crippen molar-refractivity contribution in [2.75, 3.05) is 23.3 Å². The predicted octanol–water partition coefficient (Wildman–Crippen LogP) is 4.36. The van der Waals surface area contributed by atoms with Gasteiger partial charge in [-0.25, -0.2) is 19.9 Å². The van der Waals surface area contributed by atoms with Crippen molar-refractivity contribution >= 4 is 17.6 Å². The van der Waals surface area contributed by atoms with Crippen molar-refractivity contribution in [2.45, 2.75) is 38.5 Å². The van der Waals surface area contributed by atoms with E-state index in [1.165, 1.54) is 0 Å². The molecular formula is C22H23F3N6O. The molecule has 10 heteroatoms. The molecule has 2 aromatic heterocycles. The lowest BCUT2D eigenvalue weighted by Crippen LogP contribution is -2.46. The van der Waals surface area contributed by atoms with E-state index in [0.717, 1.165) is 48.3 Å². The summed E-state index contributed by atoms with van der Waals surface area (Å²) in [6.07, 6.45) is 1.53. The number of nitrogens with one attached hydrogen (secondary N) is 1. The van der Waals surface area contributed by atoms with E-state index in [4.69, 9.17) is 0 Å². The smallest absolute Gasteiger partial charge is 0.388 e. The van der Waals surface area contributed by atoms with Crippen molar-refractivity contribution in [3.05, 3.63) is 54.1 Å². The van der Waals surface area contributed by atoms with E-state index in [-0.39, 0.29) is 5.95 Å². The van der Waals surface area contributed by atoms with E-state index in [1.54, 1.807) is 24.5 Å². The summed E-state index contributed by atoms with van der Waals surface area (Å²) in [4.78, 5) is 18.3. The van der Waals surface area contributed by atoms with Crippen LogP contribution >= 0.6 is 0 Å². The van der Waals surface area contributed by atoms with Gasteiger partial charge in [0.2, 0.25) is 11.9 Å². The molecule has 0 saturated carbocycles. The van der Waals surface area contributed by atoms with Crippen LogP contribution in [0.2, 0.25) is 0 Å². The van der Waals surface area contributed by atoms with Gasteiger partial charge in [0.25, 0.3) is 0 Å². The van der Waals surface area contributed by atoms with Crippen LogP contribution < -0.4 is 10.2 Å². The number of hydrogen-bond donors (Lipinski definition) is 2. The number of anilines is 3. The minimum absolute atomic E-state index is 0.139. The van der Waals surface area contributed by atoms with E-state index in [0.29, 0.717) is 18.2 Å². The van der Waals surface area contributed by atoms with Gasteiger partial charge in [0.1, 0.15) is 5.69 Å². The average Bonchev–Trinajstić information content (AvgIpc) is 2.72. The Hall–Kier alpha value is -3.27. The lowest BCUT2D eigenvalue weighted by atomic mass is 9.95. The molecule has 168 valence electrons. The molecule has 32 heavy (non-hydrogen) atoms. The number of rotatable bonds is 4. The maximum absolute atomic E-state index is 12.9. The lowest BCUT2D eigenvalue weighted by Gasteiger charge is -2.36. The molecule has 0 amide bonds. The molecule has 1 unspecified atom stereocenters. The third-order valence-electron chi connectivity index (χ3n) is 5.21. The third kappa shape index (κ3) is 5.13. The first-order valence-corrected chi connectivity index (χ1v) is 10.2. The van der Waals surface area contributed by atoms with Crippen LogP contribution in [0.4, 0.5) is 30.8 Å². The van der Waals surface area contributed by atoms with E-state index in [1.807, 2.05) is 24.8 Å². The summed E-state index contributed by atoms with van der Waals surface area (Å²) >= 11 is 0. The number of benzene rings is 1. The minimum Gasteiger partial charge on any atom is -0.388 e. The molecule has 1 aliphatic rings. The van der Waals surface area contributed by atoms with E-state index in [9.17, 15) is 18.3 Å². The summed E-state index contributed by atoms with van der Waals surface area (Å²) in [5.74, 6) is 0.414. The number of β-amino-alcohol motifs (C(OH)–C–C–N with tert-alkyl or cyclic N) is 1. The summed E-state index contributed by atoms with van der Waals surface area (Å²) in [5.41, 5.74) is 1.24. The molecule has 7 nitrogen and oxygen atoms in total. The molecule has 3 aromatic rings. The van der Waals surface area contributed by atoms with Gasteiger partial charge in [-0.2, -0.15) is 13.2 Å². The minimum atomic E-state index is -4.54. The largest absolute Gasteiger partial charge is 0.433 e. The molecule has 1 atom stereocenters. The maximum Gasteiger partial charge on any atom is 0.433 e. The van der Waals surface area contributed by atoms with Gasteiger partial charge in [-0.15, -0.1) is 0 Å². The monoisotopic (exact) mass is 444 g/mol. The van der Waals surface area contributed by atoms with Crippen LogP contribution in [0.25, 0.3) is 11.1 Å². The quantitative estimate of drug-likeness (QED) is 0.618. The number of halogens is 3. The highest BCUT2D eigenvalue weighted by atomic mass is 19.4. The van der Waals surface area contributed by atoms with Crippen molar-refractivity contribution in [1.29, 1.82) is 0 Å². The number of nitrogens with zero attached hydrogens (tertiary/aromatic N) is 5. The van der Waals surface area contributed by atoms with Crippen molar-refractivity contribution in [2.24, 2.45) is 0 Å². The molecule has 1 aromatic carbocycles.